The first-order valence-corrected chi connectivity index (χ1v) is 10.1. The second kappa shape index (κ2) is 7.10. The number of amides is 3. The molecule has 9 nitrogen and oxygen atoms in total. The van der Waals surface area contributed by atoms with Gasteiger partial charge in [0.1, 0.15) is 5.00 Å². The normalized spacial score (nSPS) is 14.3. The van der Waals surface area contributed by atoms with Gasteiger partial charge in [0.2, 0.25) is 21.8 Å². The van der Waals surface area contributed by atoms with E-state index in [1.165, 1.54) is 25.3 Å². The largest absolute Gasteiger partial charge is 0.365 e. The number of carbonyl (C=O) groups excluding carboxylic acids is 3. The number of fused-ring (bicyclic) bond motifs is 1. The summed E-state index contributed by atoms with van der Waals surface area (Å²) in [6, 6.07) is 0. The molecule has 0 saturated heterocycles. The van der Waals surface area contributed by atoms with Gasteiger partial charge in [0.05, 0.1) is 24.9 Å². The number of carbonyl (C=O) groups is 3. The third-order valence-electron chi connectivity index (χ3n) is 3.93. The van der Waals surface area contributed by atoms with Gasteiger partial charge in [-0.3, -0.25) is 14.4 Å². The van der Waals surface area contributed by atoms with Crippen LogP contribution in [-0.2, 0) is 32.6 Å². The van der Waals surface area contributed by atoms with Gasteiger partial charge in [0, 0.05) is 25.4 Å². The lowest BCUT2D eigenvalue weighted by Gasteiger charge is -2.25. The van der Waals surface area contributed by atoms with Crippen LogP contribution >= 0.6 is 11.3 Å². The van der Waals surface area contributed by atoms with E-state index in [0.717, 1.165) is 21.0 Å². The summed E-state index contributed by atoms with van der Waals surface area (Å²) in [6.45, 7) is 1.93. The number of primary amides is 1. The quantitative estimate of drug-likeness (QED) is 0.708. The number of sulfonamides is 1. The maximum atomic E-state index is 12.1. The number of nitrogens with zero attached hydrogens (tertiary/aromatic N) is 2. The lowest BCUT2D eigenvalue weighted by Crippen LogP contribution is -2.34. The van der Waals surface area contributed by atoms with Crippen molar-refractivity contribution in [2.45, 2.75) is 19.9 Å². The van der Waals surface area contributed by atoms with E-state index in [0.29, 0.717) is 19.5 Å². The predicted molar refractivity (Wildman–Crippen MR) is 93.7 cm³/mol. The molecule has 0 aromatic carbocycles. The van der Waals surface area contributed by atoms with Gasteiger partial charge in [0.15, 0.2) is 0 Å². The van der Waals surface area contributed by atoms with Crippen LogP contribution in [0.2, 0.25) is 0 Å². The maximum Gasteiger partial charge on any atom is 0.251 e. The van der Waals surface area contributed by atoms with Gasteiger partial charge >= 0.3 is 0 Å². The SMILES string of the molecule is CC(=O)N1CCc2c(sc(NC(=O)CN(C)S(C)(=O)=O)c2C(N)=O)C1. The summed E-state index contributed by atoms with van der Waals surface area (Å²) in [5, 5.41) is 2.85. The van der Waals surface area contributed by atoms with Crippen LogP contribution in [0.3, 0.4) is 0 Å². The van der Waals surface area contributed by atoms with Gasteiger partial charge in [-0.05, 0) is 12.0 Å². The Morgan fingerprint density at radius 1 is 1.36 bits per heavy atom. The molecule has 0 atom stereocenters. The van der Waals surface area contributed by atoms with E-state index < -0.39 is 21.8 Å². The molecule has 1 aromatic heterocycles. The molecule has 25 heavy (non-hydrogen) atoms. The first kappa shape index (κ1) is 19.3. The molecule has 2 heterocycles. The van der Waals surface area contributed by atoms with Crippen LogP contribution in [0.15, 0.2) is 0 Å². The molecular formula is C14H20N4O5S2. The fraction of sp³-hybridized carbons (Fsp3) is 0.500. The summed E-state index contributed by atoms with van der Waals surface area (Å²) in [7, 11) is -2.21. The molecule has 0 fully saturated rings. The van der Waals surface area contributed by atoms with E-state index in [4.69, 9.17) is 5.73 Å². The van der Waals surface area contributed by atoms with Crippen LogP contribution in [0.4, 0.5) is 5.00 Å². The number of anilines is 1. The molecule has 1 aliphatic heterocycles. The van der Waals surface area contributed by atoms with Gasteiger partial charge in [-0.15, -0.1) is 11.3 Å². The molecule has 0 bridgehead atoms. The molecule has 1 aliphatic rings. The number of nitrogens with two attached hydrogens (primary N) is 1. The van der Waals surface area contributed by atoms with E-state index in [9.17, 15) is 22.8 Å². The third-order valence-corrected chi connectivity index (χ3v) is 6.33. The van der Waals surface area contributed by atoms with Crippen LogP contribution < -0.4 is 11.1 Å². The summed E-state index contributed by atoms with van der Waals surface area (Å²) in [5.41, 5.74) is 6.43. The molecule has 2 rings (SSSR count). The zero-order valence-electron chi connectivity index (χ0n) is 14.2. The van der Waals surface area contributed by atoms with Crippen molar-refractivity contribution in [3.63, 3.8) is 0 Å². The number of likely N-dealkylation sites (N-methyl/N-ethyl adjacent to an activating group) is 1. The van der Waals surface area contributed by atoms with Crippen LogP contribution in [0, 0.1) is 0 Å². The topological polar surface area (TPSA) is 130 Å². The Kier molecular flexibility index (Phi) is 5.49. The van der Waals surface area contributed by atoms with Crippen molar-refractivity contribution < 1.29 is 22.8 Å². The second-order valence-electron chi connectivity index (χ2n) is 5.83. The number of hydrogen-bond acceptors (Lipinski definition) is 6. The average Bonchev–Trinajstić information content (AvgIpc) is 2.82. The summed E-state index contributed by atoms with van der Waals surface area (Å²) in [5.74, 6) is -1.31. The van der Waals surface area contributed by atoms with Crippen LogP contribution in [0.5, 0.6) is 0 Å². The van der Waals surface area contributed by atoms with Crippen molar-refractivity contribution in [3.8, 4) is 0 Å². The average molecular weight is 388 g/mol. The van der Waals surface area contributed by atoms with E-state index in [-0.39, 0.29) is 23.0 Å². The molecule has 3 amide bonds. The molecule has 0 unspecified atom stereocenters. The zero-order chi connectivity index (χ0) is 18.9. The monoisotopic (exact) mass is 388 g/mol. The second-order valence-corrected chi connectivity index (χ2v) is 9.02. The Balaban J connectivity index is 2.25. The summed E-state index contributed by atoms with van der Waals surface area (Å²) in [4.78, 5) is 37.9. The zero-order valence-corrected chi connectivity index (χ0v) is 15.8. The highest BCUT2D eigenvalue weighted by molar-refractivity contribution is 7.88. The fourth-order valence-corrected chi connectivity index (χ4v) is 4.14. The Morgan fingerprint density at radius 2 is 2.00 bits per heavy atom. The minimum Gasteiger partial charge on any atom is -0.365 e. The van der Waals surface area contributed by atoms with Gasteiger partial charge in [-0.2, -0.15) is 4.31 Å². The van der Waals surface area contributed by atoms with Crippen LogP contribution in [0.1, 0.15) is 27.7 Å². The molecular weight excluding hydrogens is 368 g/mol. The lowest BCUT2D eigenvalue weighted by molar-refractivity contribution is -0.129. The molecule has 138 valence electrons. The summed E-state index contributed by atoms with van der Waals surface area (Å²) in [6.07, 6.45) is 1.47. The van der Waals surface area contributed by atoms with Gasteiger partial charge in [-0.25, -0.2) is 8.42 Å². The highest BCUT2D eigenvalue weighted by Gasteiger charge is 2.28. The molecule has 0 aliphatic carbocycles. The Hall–Kier alpha value is -1.98. The van der Waals surface area contributed by atoms with E-state index in [1.54, 1.807) is 4.90 Å². The fourth-order valence-electron chi connectivity index (χ4n) is 2.51. The first-order chi connectivity index (χ1) is 11.5. The van der Waals surface area contributed by atoms with Gasteiger partial charge < -0.3 is 16.0 Å². The Morgan fingerprint density at radius 3 is 2.52 bits per heavy atom. The lowest BCUT2D eigenvalue weighted by atomic mass is 10.0. The first-order valence-electron chi connectivity index (χ1n) is 7.41. The van der Waals surface area contributed by atoms with Crippen molar-refractivity contribution >= 4 is 44.1 Å². The van der Waals surface area contributed by atoms with Crippen molar-refractivity contribution in [2.75, 3.05) is 31.7 Å². The molecule has 3 N–H and O–H groups in total. The van der Waals surface area contributed by atoms with E-state index in [1.807, 2.05) is 0 Å². The van der Waals surface area contributed by atoms with Crippen molar-refractivity contribution in [1.29, 1.82) is 0 Å². The minimum absolute atomic E-state index is 0.0694. The molecule has 1 aromatic rings. The van der Waals surface area contributed by atoms with Gasteiger partial charge in [-0.1, -0.05) is 0 Å². The number of thiophene rings is 1. The van der Waals surface area contributed by atoms with Crippen molar-refractivity contribution in [1.82, 2.24) is 9.21 Å². The van der Waals surface area contributed by atoms with E-state index in [2.05, 4.69) is 5.32 Å². The standard InChI is InChI=1S/C14H20N4O5S2/c1-8(19)18-5-4-9-10(6-18)24-14(12(9)13(15)21)16-11(20)7-17(2)25(3,22)23/h4-7H2,1-3H3,(H2,15,21)(H,16,20). The van der Waals surface area contributed by atoms with Crippen molar-refractivity contribution in [3.05, 3.63) is 16.0 Å². The molecule has 0 radical (unpaired) electrons. The smallest absolute Gasteiger partial charge is 0.251 e. The molecule has 0 saturated carbocycles. The van der Waals surface area contributed by atoms with Crippen LogP contribution in [-0.4, -0.2) is 61.7 Å². The predicted octanol–water partition coefficient (Wildman–Crippen LogP) is -0.418. The Bertz CT molecular complexity index is 831. The number of hydrogen-bond donors (Lipinski definition) is 2. The number of rotatable bonds is 5. The summed E-state index contributed by atoms with van der Waals surface area (Å²) >= 11 is 1.18. The highest BCUT2D eigenvalue weighted by atomic mass is 32.2. The highest BCUT2D eigenvalue weighted by Crippen LogP contribution is 2.36. The van der Waals surface area contributed by atoms with Gasteiger partial charge in [0.25, 0.3) is 5.91 Å². The molecule has 11 heteroatoms. The van der Waals surface area contributed by atoms with Crippen molar-refractivity contribution in [2.24, 2.45) is 5.73 Å². The maximum absolute atomic E-state index is 12.1. The number of nitrogens with one attached hydrogen (secondary N) is 1. The summed E-state index contributed by atoms with van der Waals surface area (Å²) < 4.78 is 23.7. The Labute approximate surface area is 149 Å². The minimum atomic E-state index is -3.50. The molecule has 0 spiro atoms. The van der Waals surface area contributed by atoms with Crippen LogP contribution in [0.25, 0.3) is 0 Å². The third kappa shape index (κ3) is 4.35. The van der Waals surface area contributed by atoms with E-state index >= 15 is 0 Å².